The molecule has 162 valence electrons. The molecule has 5 aromatic heterocycles. The number of nitrogens with one attached hydrogen (secondary N) is 2. The first-order valence-electron chi connectivity index (χ1n) is 10.2. The van der Waals surface area contributed by atoms with Crippen LogP contribution in [-0.2, 0) is 7.05 Å². The van der Waals surface area contributed by atoms with Crippen molar-refractivity contribution in [2.45, 2.75) is 0 Å². The summed E-state index contributed by atoms with van der Waals surface area (Å²) < 4.78 is 21.1. The van der Waals surface area contributed by atoms with Crippen LogP contribution in [0, 0.1) is 5.82 Å². The van der Waals surface area contributed by atoms with Crippen molar-refractivity contribution in [1.82, 2.24) is 34.9 Å². The van der Waals surface area contributed by atoms with E-state index in [0.717, 1.165) is 44.4 Å². The topological polar surface area (TPSA) is 97.3 Å². The van der Waals surface area contributed by atoms with Gasteiger partial charge >= 0.3 is 0 Å². The van der Waals surface area contributed by atoms with Gasteiger partial charge in [-0.3, -0.25) is 14.8 Å². The molecule has 0 fully saturated rings. The zero-order valence-corrected chi connectivity index (χ0v) is 17.8. The molecule has 0 radical (unpaired) electrons. The van der Waals surface area contributed by atoms with Gasteiger partial charge < -0.3 is 9.72 Å². The highest BCUT2D eigenvalue weighted by Crippen LogP contribution is 2.35. The van der Waals surface area contributed by atoms with Gasteiger partial charge in [-0.2, -0.15) is 10.2 Å². The van der Waals surface area contributed by atoms with E-state index in [2.05, 4.69) is 30.2 Å². The lowest BCUT2D eigenvalue weighted by Gasteiger charge is -2.06. The SMILES string of the molecule is COc1cc(F)cc(-c2cncc3[nH]c(-c4[nH]nc5ncc(-c6cnn(C)c6)cc45)cc23)c1. The van der Waals surface area contributed by atoms with E-state index in [0.29, 0.717) is 17.0 Å². The van der Waals surface area contributed by atoms with Gasteiger partial charge in [-0.1, -0.05) is 0 Å². The van der Waals surface area contributed by atoms with Crippen LogP contribution in [0.3, 0.4) is 0 Å². The van der Waals surface area contributed by atoms with Crippen LogP contribution in [0.25, 0.3) is 55.6 Å². The molecule has 0 saturated carbocycles. The highest BCUT2D eigenvalue weighted by Gasteiger charge is 2.16. The Bertz CT molecular complexity index is 1650. The van der Waals surface area contributed by atoms with Gasteiger partial charge in [0.15, 0.2) is 5.65 Å². The predicted octanol–water partition coefficient (Wildman–Crippen LogP) is 4.72. The molecule has 2 N–H and O–H groups in total. The molecule has 0 aliphatic heterocycles. The Morgan fingerprint density at radius 2 is 1.85 bits per heavy atom. The number of aromatic amines is 2. The quantitative estimate of drug-likeness (QED) is 0.414. The van der Waals surface area contributed by atoms with Gasteiger partial charge in [-0.25, -0.2) is 9.37 Å². The fraction of sp³-hybridized carbons (Fsp3) is 0.0833. The van der Waals surface area contributed by atoms with Gasteiger partial charge in [0.25, 0.3) is 0 Å². The van der Waals surface area contributed by atoms with Gasteiger partial charge in [0.2, 0.25) is 0 Å². The predicted molar refractivity (Wildman–Crippen MR) is 123 cm³/mol. The maximum absolute atomic E-state index is 14.1. The number of halogens is 1. The van der Waals surface area contributed by atoms with Crippen molar-refractivity contribution in [2.75, 3.05) is 7.11 Å². The zero-order chi connectivity index (χ0) is 22.5. The average Bonchev–Trinajstić information content (AvgIpc) is 3.55. The van der Waals surface area contributed by atoms with Crippen molar-refractivity contribution >= 4 is 21.9 Å². The summed E-state index contributed by atoms with van der Waals surface area (Å²) in [7, 11) is 3.39. The van der Waals surface area contributed by atoms with Gasteiger partial charge in [0, 0.05) is 59.2 Å². The first-order valence-corrected chi connectivity index (χ1v) is 10.2. The van der Waals surface area contributed by atoms with Crippen molar-refractivity contribution in [3.63, 3.8) is 0 Å². The van der Waals surface area contributed by atoms with Crippen LogP contribution in [0.5, 0.6) is 5.75 Å². The monoisotopic (exact) mass is 439 g/mol. The van der Waals surface area contributed by atoms with Gasteiger partial charge in [-0.05, 0) is 29.8 Å². The lowest BCUT2D eigenvalue weighted by molar-refractivity contribution is 0.411. The summed E-state index contributed by atoms with van der Waals surface area (Å²) in [4.78, 5) is 12.2. The second kappa shape index (κ2) is 7.27. The largest absolute Gasteiger partial charge is 0.497 e. The molecule has 8 nitrogen and oxygen atoms in total. The van der Waals surface area contributed by atoms with Crippen molar-refractivity contribution in [3.8, 4) is 39.4 Å². The maximum atomic E-state index is 14.1. The Kier molecular flexibility index (Phi) is 4.22. The molecular weight excluding hydrogens is 421 g/mol. The smallest absolute Gasteiger partial charge is 0.181 e. The molecule has 0 saturated heterocycles. The molecule has 0 aliphatic rings. The molecule has 0 bridgehead atoms. The molecule has 5 heterocycles. The third-order valence-electron chi connectivity index (χ3n) is 5.68. The number of methoxy groups -OCH3 is 1. The molecule has 0 amide bonds. The van der Waals surface area contributed by atoms with E-state index in [1.54, 1.807) is 35.5 Å². The number of ether oxygens (including phenoxy) is 1. The van der Waals surface area contributed by atoms with Crippen LogP contribution in [-0.4, -0.2) is 42.0 Å². The fourth-order valence-electron chi connectivity index (χ4n) is 4.09. The number of hydrogen-bond acceptors (Lipinski definition) is 5. The van der Waals surface area contributed by atoms with E-state index in [4.69, 9.17) is 4.74 Å². The average molecular weight is 439 g/mol. The van der Waals surface area contributed by atoms with E-state index in [9.17, 15) is 4.39 Å². The summed E-state index contributed by atoms with van der Waals surface area (Å²) in [5.74, 6) is 0.0806. The molecule has 0 spiro atoms. The molecule has 1 aromatic carbocycles. The Labute approximate surface area is 187 Å². The third-order valence-corrected chi connectivity index (χ3v) is 5.68. The zero-order valence-electron chi connectivity index (χ0n) is 17.8. The summed E-state index contributed by atoms with van der Waals surface area (Å²) in [6, 6.07) is 8.67. The number of H-pyrrole nitrogens is 2. The van der Waals surface area contributed by atoms with Gasteiger partial charge in [-0.15, -0.1) is 0 Å². The minimum atomic E-state index is -0.370. The molecule has 0 unspecified atom stereocenters. The van der Waals surface area contributed by atoms with E-state index in [-0.39, 0.29) is 5.82 Å². The number of hydrogen-bond donors (Lipinski definition) is 2. The first-order chi connectivity index (χ1) is 16.1. The maximum Gasteiger partial charge on any atom is 0.181 e. The first kappa shape index (κ1) is 19.2. The van der Waals surface area contributed by atoms with E-state index < -0.39 is 0 Å². The lowest BCUT2D eigenvalue weighted by Crippen LogP contribution is -1.88. The Morgan fingerprint density at radius 1 is 0.939 bits per heavy atom. The Hall–Kier alpha value is -4.53. The number of fused-ring (bicyclic) bond motifs is 2. The number of aromatic nitrogens is 7. The number of aryl methyl sites for hydroxylation is 1. The number of pyridine rings is 2. The minimum Gasteiger partial charge on any atom is -0.497 e. The fourth-order valence-corrected chi connectivity index (χ4v) is 4.09. The normalized spacial score (nSPS) is 11.5. The van der Waals surface area contributed by atoms with Crippen LogP contribution in [0.1, 0.15) is 0 Å². The van der Waals surface area contributed by atoms with E-state index in [1.165, 1.54) is 19.2 Å². The summed E-state index contributed by atoms with van der Waals surface area (Å²) >= 11 is 0. The minimum absolute atomic E-state index is 0.370. The number of benzene rings is 1. The van der Waals surface area contributed by atoms with Crippen molar-refractivity contribution in [2.24, 2.45) is 7.05 Å². The molecule has 6 aromatic rings. The van der Waals surface area contributed by atoms with E-state index in [1.807, 2.05) is 25.4 Å². The van der Waals surface area contributed by atoms with Crippen LogP contribution in [0.15, 0.2) is 61.3 Å². The molecule has 0 aliphatic carbocycles. The van der Waals surface area contributed by atoms with E-state index >= 15 is 0 Å². The second-order valence-electron chi connectivity index (χ2n) is 7.81. The number of nitrogens with zero attached hydrogens (tertiary/aromatic N) is 5. The molecule has 9 heteroatoms. The van der Waals surface area contributed by atoms with Crippen LogP contribution >= 0.6 is 0 Å². The van der Waals surface area contributed by atoms with Gasteiger partial charge in [0.05, 0.1) is 36.4 Å². The second-order valence-corrected chi connectivity index (χ2v) is 7.81. The van der Waals surface area contributed by atoms with Gasteiger partial charge in [0.1, 0.15) is 11.6 Å². The van der Waals surface area contributed by atoms with Crippen LogP contribution in [0.4, 0.5) is 4.39 Å². The van der Waals surface area contributed by atoms with Crippen molar-refractivity contribution < 1.29 is 9.13 Å². The molecule has 6 rings (SSSR count). The Balaban J connectivity index is 1.50. The highest BCUT2D eigenvalue weighted by atomic mass is 19.1. The highest BCUT2D eigenvalue weighted by molar-refractivity contribution is 6.00. The third kappa shape index (κ3) is 3.21. The summed E-state index contributed by atoms with van der Waals surface area (Å²) in [5.41, 5.74) is 6.48. The molecule has 0 atom stereocenters. The summed E-state index contributed by atoms with van der Waals surface area (Å²) in [6.45, 7) is 0. The molecule has 33 heavy (non-hydrogen) atoms. The lowest BCUT2D eigenvalue weighted by atomic mass is 10.0. The standard InChI is InChI=1S/C24H18FN7O/c1-32-12-15(9-28-32)14-5-19-23(30-31-24(19)27-8-14)21-7-18-20(10-26-11-22(18)29-21)13-3-16(25)6-17(4-13)33-2/h3-12,29H,1-2H3,(H,27,30,31). The van der Waals surface area contributed by atoms with Crippen LogP contribution < -0.4 is 4.74 Å². The summed E-state index contributed by atoms with van der Waals surface area (Å²) in [6.07, 6.45) is 9.00. The van der Waals surface area contributed by atoms with Crippen molar-refractivity contribution in [3.05, 3.63) is 67.1 Å². The Morgan fingerprint density at radius 3 is 2.67 bits per heavy atom. The van der Waals surface area contributed by atoms with Crippen molar-refractivity contribution in [1.29, 1.82) is 0 Å². The number of rotatable bonds is 4. The molecular formula is C24H18FN7O. The summed E-state index contributed by atoms with van der Waals surface area (Å²) in [5, 5.41) is 13.5. The van der Waals surface area contributed by atoms with Crippen LogP contribution in [0.2, 0.25) is 0 Å².